The number of rotatable bonds is 70. The van der Waals surface area contributed by atoms with Gasteiger partial charge in [0, 0.05) is 45.4 Å². The van der Waals surface area contributed by atoms with Crippen molar-refractivity contribution in [2.75, 3.05) is 45.8 Å². The maximum atomic E-state index is 15.0. The molecule has 766 valence electrons. The second-order valence-corrected chi connectivity index (χ2v) is 33.7. The van der Waals surface area contributed by atoms with Gasteiger partial charge in [-0.3, -0.25) is 103 Å². The van der Waals surface area contributed by atoms with Crippen molar-refractivity contribution < 1.29 is 107 Å². The molecule has 16 unspecified atom stereocenters. The molecule has 0 fully saturated rings. The number of primary amides is 2. The predicted octanol–water partition coefficient (Wildman–Crippen LogP) is -9.40. The van der Waals surface area contributed by atoms with Crippen molar-refractivity contribution in [1.82, 2.24) is 95.7 Å². The van der Waals surface area contributed by atoms with E-state index in [4.69, 9.17) is 73.2 Å². The highest BCUT2D eigenvalue weighted by atomic mass is 16.4. The minimum absolute atomic E-state index is 0.00112. The lowest BCUT2D eigenvalue weighted by Crippen LogP contribution is -2.62. The first-order valence-corrected chi connectivity index (χ1v) is 45.1. The van der Waals surface area contributed by atoms with Gasteiger partial charge in [-0.2, -0.15) is 0 Å². The Morgan fingerprint density at radius 2 is 0.669 bits per heavy atom. The molecule has 0 aliphatic heterocycles. The van der Waals surface area contributed by atoms with Crippen molar-refractivity contribution in [2.24, 2.45) is 69.4 Å². The molecule has 0 bridgehead atoms. The van der Waals surface area contributed by atoms with Gasteiger partial charge in [0.25, 0.3) is 0 Å². The first-order valence-electron chi connectivity index (χ1n) is 45.1. The van der Waals surface area contributed by atoms with E-state index in [0.29, 0.717) is 6.42 Å². The minimum atomic E-state index is -2.02. The van der Waals surface area contributed by atoms with Crippen LogP contribution in [0.15, 0.2) is 24.3 Å². The standard InChI is InChI=1S/C83H147N31O22/c1-8-44(6)64(77(133)107-53(22-16-36-100-83(95)96)70(126)108-55(79(135)136)28-30-61(88)118)113-73(129)54(27-29-60(87)117)106-69(125)52(21-15-35-99-82(93)94)105-74(130)57(38-43(4)5)112-78(134)65(45(7)115)114-72(128)51(19-10-12-32-85)104-75(131)58(39-46-23-25-47(116)26-24-46)110-71(127)50(18-9-11-31-84)103-76(132)59(40-63(120)121)111-68(124)49(20-14-34-98-81(91)92)102-62(119)41-101-67(123)56(37-42(2)3)109-66(122)48(86)17-13-33-97-80(89)90/h23-26,42-45,48-59,64-65,115-116H,8-22,27-41,84-86H2,1-7H3,(H2,87,117)(H2,88,118)(H,101,123)(H,102,119)(H,103,132)(H,104,131)(H,105,130)(H,106,125)(H,107,133)(H,108,126)(H,109,122)(H,110,127)(H,111,124)(H,112,134)(H,113,129)(H,114,128)(H,120,121)(H,135,136)(H4,89,90,97)(H4,91,92,98)(H4,93,94,99)(H4,95,96,100). The van der Waals surface area contributed by atoms with Gasteiger partial charge in [0.1, 0.15) is 84.3 Å². The summed E-state index contributed by atoms with van der Waals surface area (Å²) in [6.45, 7) is 10.6. The quantitative estimate of drug-likeness (QED) is 0.0164. The van der Waals surface area contributed by atoms with Gasteiger partial charge in [0.15, 0.2) is 23.8 Å². The highest BCUT2D eigenvalue weighted by Gasteiger charge is 2.40. The van der Waals surface area contributed by atoms with E-state index in [0.717, 1.165) is 6.92 Å². The molecular formula is C83H147N31O22. The smallest absolute Gasteiger partial charge is 0.326 e. The zero-order chi connectivity index (χ0) is 103. The number of carbonyl (C=O) groups excluding carboxylic acids is 16. The third-order valence-electron chi connectivity index (χ3n) is 21.0. The summed E-state index contributed by atoms with van der Waals surface area (Å²) < 4.78 is 0. The topological polar surface area (TPSA) is 934 Å². The Kier molecular flexibility index (Phi) is 57.6. The summed E-state index contributed by atoms with van der Waals surface area (Å²) >= 11 is 0. The fraction of sp³-hybridized carbons (Fsp3) is 0.663. The Labute approximate surface area is 788 Å². The van der Waals surface area contributed by atoms with Crippen LogP contribution in [-0.4, -0.2) is 287 Å². The Hall–Kier alpha value is -13.6. The van der Waals surface area contributed by atoms with Crippen LogP contribution in [0.5, 0.6) is 5.75 Å². The van der Waals surface area contributed by atoms with Gasteiger partial charge in [0.05, 0.1) is 25.1 Å². The van der Waals surface area contributed by atoms with E-state index in [2.05, 4.69) is 95.7 Å². The lowest BCUT2D eigenvalue weighted by Gasteiger charge is -2.30. The number of phenolic OH excluding ortho intramolecular Hbond substituents is 1. The monoisotopic (exact) mass is 1930 g/mol. The van der Waals surface area contributed by atoms with E-state index in [1.807, 2.05) is 0 Å². The van der Waals surface area contributed by atoms with Crippen LogP contribution in [0.4, 0.5) is 0 Å². The SMILES string of the molecule is CCC(C)C(NC(=O)C(CCC(N)=O)NC(=O)C(CCCNC(=N)N)NC(=O)C(CC(C)C)NC(=O)C(NC(=O)C(CCCCN)NC(=O)C(Cc1ccc(O)cc1)NC(=O)C(CCCCN)NC(=O)C(CC(=O)O)NC(=O)C(CCCNC(=N)N)NC(=O)CNC(=O)C(CC(C)C)NC(=O)C(N)CCCNC(=N)N)C(C)O)C(=O)NC(CCCNC(=N)N)C(=O)NC(CCC(N)=O)C(=O)O. The third-order valence-corrected chi connectivity index (χ3v) is 21.0. The first-order chi connectivity index (χ1) is 63.9. The zero-order valence-electron chi connectivity index (χ0n) is 78.2. The van der Waals surface area contributed by atoms with Crippen LogP contribution >= 0.6 is 0 Å². The molecule has 0 spiro atoms. The molecule has 0 radical (unpaired) electrons. The fourth-order valence-corrected chi connectivity index (χ4v) is 13.4. The average molecular weight is 1930 g/mol. The molecule has 0 aliphatic rings. The first kappa shape index (κ1) is 120. The van der Waals surface area contributed by atoms with Crippen LogP contribution in [0.25, 0.3) is 0 Å². The van der Waals surface area contributed by atoms with E-state index in [-0.39, 0.29) is 165 Å². The number of phenols is 1. The van der Waals surface area contributed by atoms with E-state index in [1.54, 1.807) is 41.5 Å². The largest absolute Gasteiger partial charge is 0.508 e. The van der Waals surface area contributed by atoms with Crippen molar-refractivity contribution in [3.05, 3.63) is 29.8 Å². The zero-order valence-corrected chi connectivity index (χ0v) is 78.2. The number of aromatic hydroxyl groups is 1. The number of aliphatic carboxylic acids is 2. The molecule has 136 heavy (non-hydrogen) atoms. The van der Waals surface area contributed by atoms with Crippen molar-refractivity contribution in [1.29, 1.82) is 21.6 Å². The lowest BCUT2D eigenvalue weighted by atomic mass is 9.96. The van der Waals surface area contributed by atoms with Gasteiger partial charge in [0.2, 0.25) is 94.5 Å². The predicted molar refractivity (Wildman–Crippen MR) is 497 cm³/mol. The number of hydrogen-bond donors (Lipinski definition) is 35. The molecule has 53 heteroatoms. The lowest BCUT2D eigenvalue weighted by molar-refractivity contribution is -0.143. The number of carboxylic acids is 2. The number of hydrogen-bond acceptors (Lipinski definition) is 27. The molecule has 1 rings (SSSR count). The molecule has 16 amide bonds. The number of nitrogens with two attached hydrogens (primary N) is 9. The molecule has 1 aromatic carbocycles. The van der Waals surface area contributed by atoms with E-state index in [1.165, 1.54) is 24.3 Å². The van der Waals surface area contributed by atoms with Crippen molar-refractivity contribution in [3.63, 3.8) is 0 Å². The second-order valence-electron chi connectivity index (χ2n) is 33.7. The third kappa shape index (κ3) is 51.0. The number of guanidine groups is 4. The van der Waals surface area contributed by atoms with Crippen LogP contribution in [0.2, 0.25) is 0 Å². The highest BCUT2D eigenvalue weighted by Crippen LogP contribution is 2.18. The van der Waals surface area contributed by atoms with Gasteiger partial charge in [-0.05, 0) is 171 Å². The molecule has 0 aliphatic carbocycles. The van der Waals surface area contributed by atoms with Gasteiger partial charge in [-0.1, -0.05) is 60.1 Å². The van der Waals surface area contributed by atoms with Crippen LogP contribution in [-0.2, 0) is 92.7 Å². The van der Waals surface area contributed by atoms with Crippen LogP contribution in [0.3, 0.4) is 0 Å². The van der Waals surface area contributed by atoms with Crippen LogP contribution < -0.4 is 147 Å². The Morgan fingerprint density at radius 3 is 1.06 bits per heavy atom. The second kappa shape index (κ2) is 65.1. The summed E-state index contributed by atoms with van der Waals surface area (Å²) in [7, 11) is 0. The molecular weight excluding hydrogens is 1780 g/mol. The van der Waals surface area contributed by atoms with Crippen molar-refractivity contribution >= 4 is 130 Å². The molecule has 16 atom stereocenters. The Morgan fingerprint density at radius 1 is 0.353 bits per heavy atom. The van der Waals surface area contributed by atoms with E-state index >= 15 is 4.79 Å². The number of nitrogens with one attached hydrogen (secondary N) is 22. The molecule has 1 aromatic rings. The Bertz CT molecular complexity index is 4150. The maximum absolute atomic E-state index is 15.0. The molecule has 0 saturated carbocycles. The van der Waals surface area contributed by atoms with E-state index in [9.17, 15) is 102 Å². The number of aliphatic hydroxyl groups is 1. The number of carbonyl (C=O) groups is 18. The molecule has 0 saturated heterocycles. The summed E-state index contributed by atoms with van der Waals surface area (Å²) in [5.74, 6) is -22.9. The fourth-order valence-electron chi connectivity index (χ4n) is 13.4. The molecule has 0 heterocycles. The number of unbranched alkanes of at least 4 members (excludes halogenated alkanes) is 2. The van der Waals surface area contributed by atoms with Crippen LogP contribution in [0, 0.1) is 39.4 Å². The van der Waals surface area contributed by atoms with Gasteiger partial charge < -0.3 is 168 Å². The summed E-state index contributed by atoms with van der Waals surface area (Å²) in [6.07, 6.45) is -5.29. The van der Waals surface area contributed by atoms with Gasteiger partial charge in [-0.25, -0.2) is 4.79 Å². The summed E-state index contributed by atoms with van der Waals surface area (Å²) in [5.41, 5.74) is 50.6. The summed E-state index contributed by atoms with van der Waals surface area (Å²) in [5, 5.41) is 117. The van der Waals surface area contributed by atoms with Crippen LogP contribution in [0.1, 0.15) is 195 Å². The van der Waals surface area contributed by atoms with E-state index < -0.39 is 272 Å². The molecule has 0 aromatic heterocycles. The average Bonchev–Trinajstić information content (AvgIpc) is 0.845. The van der Waals surface area contributed by atoms with Gasteiger partial charge >= 0.3 is 11.9 Å². The number of benzene rings is 1. The Balaban J connectivity index is 3.91. The van der Waals surface area contributed by atoms with Gasteiger partial charge in [-0.15, -0.1) is 0 Å². The highest BCUT2D eigenvalue weighted by molar-refractivity contribution is 6.01. The number of aliphatic hydroxyl groups excluding tert-OH is 1. The normalized spacial score (nSPS) is 14.6. The maximum Gasteiger partial charge on any atom is 0.326 e. The minimum Gasteiger partial charge on any atom is -0.508 e. The number of carboxylic acid groups (broad SMARTS) is 2. The summed E-state index contributed by atoms with van der Waals surface area (Å²) in [6, 6.07) is -17.3. The summed E-state index contributed by atoms with van der Waals surface area (Å²) in [4.78, 5) is 250. The molecule has 44 N–H and O–H groups in total. The molecule has 53 nitrogen and oxygen atoms in total. The van der Waals surface area contributed by atoms with Crippen molar-refractivity contribution in [3.8, 4) is 5.75 Å². The van der Waals surface area contributed by atoms with Crippen molar-refractivity contribution in [2.45, 2.75) is 287 Å². The number of amides is 16.